The zero-order valence-corrected chi connectivity index (χ0v) is 16.6. The van der Waals surface area contributed by atoms with E-state index in [1.807, 2.05) is 30.3 Å². The van der Waals surface area contributed by atoms with Gasteiger partial charge in [0.05, 0.1) is 13.2 Å². The second kappa shape index (κ2) is 8.74. The summed E-state index contributed by atoms with van der Waals surface area (Å²) in [6.07, 6.45) is -0.394. The largest absolute Gasteiger partial charge is 0.406 e. The van der Waals surface area contributed by atoms with Crippen LogP contribution in [-0.2, 0) is 13.6 Å². The van der Waals surface area contributed by atoms with Crippen LogP contribution in [0.1, 0.15) is 44.0 Å². The molecule has 27 heavy (non-hydrogen) atoms. The van der Waals surface area contributed by atoms with E-state index in [9.17, 15) is 19.5 Å². The second-order valence-corrected chi connectivity index (χ2v) is 8.73. The van der Waals surface area contributed by atoms with Gasteiger partial charge in [0, 0.05) is 30.3 Å². The number of ketones is 1. The third kappa shape index (κ3) is 4.26. The Bertz CT molecular complexity index is 868. The molecule has 0 aliphatic rings. The van der Waals surface area contributed by atoms with Gasteiger partial charge in [0.2, 0.25) is 0 Å². The van der Waals surface area contributed by atoms with Crippen LogP contribution in [0.2, 0.25) is 0 Å². The quantitative estimate of drug-likeness (QED) is 0.242. The smallest absolute Gasteiger partial charge is 0.304 e. The lowest BCUT2D eigenvalue weighted by atomic mass is 9.98. The second-order valence-electron chi connectivity index (χ2n) is 6.26. The normalized spacial score (nSPS) is 14.0. The van der Waals surface area contributed by atoms with Crippen molar-refractivity contribution in [2.45, 2.75) is 38.9 Å². The molecule has 1 atom stereocenters. The van der Waals surface area contributed by atoms with Crippen LogP contribution in [0.4, 0.5) is 0 Å². The molecule has 7 nitrogen and oxygen atoms in total. The average molecular weight is 393 g/mol. The molecule has 2 rings (SSSR count). The minimum absolute atomic E-state index is 0.0119. The molecule has 0 bridgehead atoms. The van der Waals surface area contributed by atoms with E-state index < -0.39 is 17.8 Å². The van der Waals surface area contributed by atoms with Crippen molar-refractivity contribution >= 4 is 24.2 Å². The number of carbonyl (C=O) groups is 1. The summed E-state index contributed by atoms with van der Waals surface area (Å²) in [5.41, 5.74) is 0.487. The van der Waals surface area contributed by atoms with E-state index in [1.54, 1.807) is 26.0 Å². The fourth-order valence-electron chi connectivity index (χ4n) is 2.94. The summed E-state index contributed by atoms with van der Waals surface area (Å²) < 4.78 is 23.4. The van der Waals surface area contributed by atoms with E-state index in [1.165, 1.54) is 6.92 Å². The number of benzene rings is 2. The molecule has 0 aliphatic carbocycles. The number of Topliss-reactive ketones (excluding diaryl/α,β-unsaturated/α-hetero) is 1. The molecule has 0 N–H and O–H groups in total. The Kier molecular flexibility index (Phi) is 6.87. The molecule has 2 aromatic rings. The summed E-state index contributed by atoms with van der Waals surface area (Å²) in [6.45, 7) is 4.42. The number of nitrogens with zero attached hydrogens (tertiary/aromatic N) is 1. The van der Waals surface area contributed by atoms with Gasteiger partial charge in [0.1, 0.15) is 0 Å². The molecule has 0 amide bonds. The number of fused-ring (bicyclic) bond motifs is 1. The summed E-state index contributed by atoms with van der Waals surface area (Å²) in [5, 5.41) is 11.4. The van der Waals surface area contributed by atoms with E-state index in [-0.39, 0.29) is 31.8 Å². The Hall–Kier alpha value is -2.08. The van der Waals surface area contributed by atoms with Crippen molar-refractivity contribution in [2.75, 3.05) is 13.2 Å². The first-order valence-electron chi connectivity index (χ1n) is 8.83. The highest BCUT2D eigenvalue weighted by atomic mass is 31.2. The van der Waals surface area contributed by atoms with Gasteiger partial charge >= 0.3 is 12.9 Å². The summed E-state index contributed by atoms with van der Waals surface area (Å²) in [5.74, 6) is -0.251. The van der Waals surface area contributed by atoms with Gasteiger partial charge in [-0.3, -0.25) is 19.5 Å². The van der Waals surface area contributed by atoms with Crippen molar-refractivity contribution < 1.29 is 23.3 Å². The highest BCUT2D eigenvalue weighted by Crippen LogP contribution is 2.61. The number of nitro groups is 1. The lowest BCUT2D eigenvalue weighted by Crippen LogP contribution is -2.37. The van der Waals surface area contributed by atoms with Crippen molar-refractivity contribution in [1.82, 2.24) is 0 Å². The van der Waals surface area contributed by atoms with E-state index >= 15 is 0 Å². The van der Waals surface area contributed by atoms with Crippen molar-refractivity contribution in [3.8, 4) is 0 Å². The van der Waals surface area contributed by atoms with Crippen LogP contribution >= 0.6 is 7.60 Å². The molecule has 0 radical (unpaired) electrons. The molecule has 8 heteroatoms. The lowest BCUT2D eigenvalue weighted by molar-refractivity contribution is -0.541. The Labute approximate surface area is 158 Å². The first-order chi connectivity index (χ1) is 12.8. The first-order valence-corrected chi connectivity index (χ1v) is 10.4. The Balaban J connectivity index is 2.31. The van der Waals surface area contributed by atoms with Gasteiger partial charge in [-0.05, 0) is 24.6 Å². The minimum atomic E-state index is -4.04. The SMILES string of the molecule is CCOP(=O)(OCC)C(C)(CCC(=O)c1cccc2ccccc12)[N+](=O)[O-]. The van der Waals surface area contributed by atoms with E-state index in [0.29, 0.717) is 5.56 Å². The molecule has 146 valence electrons. The van der Waals surface area contributed by atoms with Crippen LogP contribution in [0.25, 0.3) is 10.8 Å². The third-order valence-electron chi connectivity index (χ3n) is 4.50. The summed E-state index contributed by atoms with van der Waals surface area (Å²) in [7, 11) is -4.04. The fourth-order valence-corrected chi connectivity index (χ4v) is 4.83. The molecule has 0 fully saturated rings. The molecule has 0 spiro atoms. The zero-order chi connectivity index (χ0) is 20.1. The molecule has 0 aliphatic heterocycles. The maximum Gasteiger partial charge on any atom is 0.406 e. The van der Waals surface area contributed by atoms with Gasteiger partial charge < -0.3 is 9.05 Å². The fraction of sp³-hybridized carbons (Fsp3) is 0.421. The lowest BCUT2D eigenvalue weighted by Gasteiger charge is -2.28. The number of hydrogen-bond acceptors (Lipinski definition) is 6. The Morgan fingerprint density at radius 3 is 2.30 bits per heavy atom. The van der Waals surface area contributed by atoms with Crippen LogP contribution in [0.5, 0.6) is 0 Å². The number of hydrogen-bond donors (Lipinski definition) is 0. The highest BCUT2D eigenvalue weighted by Gasteiger charge is 2.58. The van der Waals surface area contributed by atoms with Crippen molar-refractivity contribution in [2.24, 2.45) is 0 Å². The van der Waals surface area contributed by atoms with E-state index in [2.05, 4.69) is 0 Å². The van der Waals surface area contributed by atoms with Crippen molar-refractivity contribution in [3.63, 3.8) is 0 Å². The number of rotatable bonds is 10. The van der Waals surface area contributed by atoms with Gasteiger partial charge in [-0.1, -0.05) is 42.5 Å². The van der Waals surface area contributed by atoms with Crippen molar-refractivity contribution in [3.05, 3.63) is 58.1 Å². The van der Waals surface area contributed by atoms with E-state index in [4.69, 9.17) is 9.05 Å². The standard InChI is InChI=1S/C19H24NO6P/c1-4-25-27(24,26-5-2)19(3,20(22)23)14-13-18(21)17-12-8-10-15-9-6-7-11-16(15)17/h6-12H,4-5,13-14H2,1-3H3. The monoisotopic (exact) mass is 393 g/mol. The van der Waals surface area contributed by atoms with Gasteiger partial charge in [-0.15, -0.1) is 0 Å². The first kappa shape index (κ1) is 21.2. The number of carbonyl (C=O) groups excluding carboxylic acids is 1. The predicted octanol–water partition coefficient (Wildman–Crippen LogP) is 5.06. The van der Waals surface area contributed by atoms with Crippen LogP contribution in [0.3, 0.4) is 0 Å². The minimum Gasteiger partial charge on any atom is -0.304 e. The molecule has 0 aromatic heterocycles. The van der Waals surface area contributed by atoms with Crippen LogP contribution in [-0.4, -0.2) is 29.2 Å². The van der Waals surface area contributed by atoms with Crippen molar-refractivity contribution in [1.29, 1.82) is 0 Å². The zero-order valence-electron chi connectivity index (χ0n) is 15.7. The summed E-state index contributed by atoms with van der Waals surface area (Å²) >= 11 is 0. The molecular formula is C19H24NO6P. The van der Waals surface area contributed by atoms with Crippen LogP contribution in [0.15, 0.2) is 42.5 Å². The topological polar surface area (TPSA) is 95.7 Å². The Morgan fingerprint density at radius 2 is 1.70 bits per heavy atom. The van der Waals surface area contributed by atoms with Crippen LogP contribution in [0, 0.1) is 10.1 Å². The van der Waals surface area contributed by atoms with Gasteiger partial charge in [-0.25, -0.2) is 0 Å². The third-order valence-corrected chi connectivity index (χ3v) is 7.26. The van der Waals surface area contributed by atoms with Crippen LogP contribution < -0.4 is 0 Å². The molecule has 0 saturated carbocycles. The van der Waals surface area contributed by atoms with Gasteiger partial charge in [-0.2, -0.15) is 0 Å². The Morgan fingerprint density at radius 1 is 1.11 bits per heavy atom. The molecule has 0 heterocycles. The highest BCUT2D eigenvalue weighted by molar-refractivity contribution is 7.55. The molecule has 2 aromatic carbocycles. The maximum atomic E-state index is 13.0. The maximum absolute atomic E-state index is 13.0. The van der Waals surface area contributed by atoms with E-state index in [0.717, 1.165) is 10.8 Å². The molecule has 1 unspecified atom stereocenters. The summed E-state index contributed by atoms with van der Waals surface area (Å²) in [6, 6.07) is 12.8. The predicted molar refractivity (Wildman–Crippen MR) is 104 cm³/mol. The van der Waals surface area contributed by atoms with Gasteiger partial charge in [0.25, 0.3) is 0 Å². The van der Waals surface area contributed by atoms with Gasteiger partial charge in [0.15, 0.2) is 5.78 Å². The molecular weight excluding hydrogens is 369 g/mol. The summed E-state index contributed by atoms with van der Waals surface area (Å²) in [4.78, 5) is 23.9. The molecule has 0 saturated heterocycles. The average Bonchev–Trinajstić information content (AvgIpc) is 2.65.